The number of aryl methyl sites for hydroxylation is 2. The molecule has 0 aliphatic heterocycles. The minimum Gasteiger partial charge on any atom is -0.324 e. The third-order valence-corrected chi connectivity index (χ3v) is 4.75. The molecule has 1 aromatic carbocycles. The van der Waals surface area contributed by atoms with Crippen LogP contribution in [-0.2, 0) is 17.4 Å². The highest BCUT2D eigenvalue weighted by Gasteiger charge is 2.37. The van der Waals surface area contributed by atoms with E-state index in [1.807, 2.05) is 6.07 Å². The lowest BCUT2D eigenvalue weighted by atomic mass is 10.1. The van der Waals surface area contributed by atoms with Crippen molar-refractivity contribution in [1.29, 1.82) is 0 Å². The molecule has 0 aliphatic rings. The first-order valence-corrected chi connectivity index (χ1v) is 9.29. The zero-order chi connectivity index (χ0) is 22.2. The Kier molecular flexibility index (Phi) is 5.13. The van der Waals surface area contributed by atoms with E-state index < -0.39 is 12.0 Å². The number of para-hydroxylation sites is 2. The Morgan fingerprint density at radius 2 is 1.94 bits per heavy atom. The number of hydrogen-bond acceptors (Lipinski definition) is 6. The van der Waals surface area contributed by atoms with Crippen LogP contribution in [0.15, 0.2) is 36.7 Å². The number of alkyl halides is 3. The second-order valence-electron chi connectivity index (χ2n) is 6.82. The van der Waals surface area contributed by atoms with Gasteiger partial charge in [-0.25, -0.2) is 14.2 Å². The lowest BCUT2D eigenvalue weighted by Crippen LogP contribution is -2.16. The average molecular weight is 430 g/mol. The molecule has 0 bridgehead atoms. The number of fused-ring (bicyclic) bond motifs is 1. The van der Waals surface area contributed by atoms with E-state index in [-0.39, 0.29) is 24.5 Å². The van der Waals surface area contributed by atoms with Gasteiger partial charge in [-0.1, -0.05) is 17.3 Å². The molecule has 0 fully saturated rings. The maximum Gasteiger partial charge on any atom is 0.453 e. The predicted molar refractivity (Wildman–Crippen MR) is 104 cm³/mol. The maximum absolute atomic E-state index is 12.9. The number of amides is 1. The van der Waals surface area contributed by atoms with Gasteiger partial charge in [-0.3, -0.25) is 4.79 Å². The van der Waals surface area contributed by atoms with Gasteiger partial charge in [-0.05, 0) is 38.0 Å². The van der Waals surface area contributed by atoms with Crippen LogP contribution in [0.25, 0.3) is 11.5 Å². The minimum atomic E-state index is -4.66. The smallest absolute Gasteiger partial charge is 0.324 e. The van der Waals surface area contributed by atoms with Crippen LogP contribution in [-0.4, -0.2) is 40.5 Å². The summed E-state index contributed by atoms with van der Waals surface area (Å²) in [6.45, 7) is 3.30. The molecule has 0 saturated heterocycles. The Hall–Kier alpha value is -3.83. The van der Waals surface area contributed by atoms with Crippen molar-refractivity contribution in [2.24, 2.45) is 0 Å². The molecule has 1 N–H and O–H groups in total. The summed E-state index contributed by atoms with van der Waals surface area (Å²) in [4.78, 5) is 20.1. The third-order valence-electron chi connectivity index (χ3n) is 4.75. The van der Waals surface area contributed by atoms with Crippen molar-refractivity contribution in [3.05, 3.63) is 59.4 Å². The second-order valence-corrected chi connectivity index (χ2v) is 6.82. The lowest BCUT2D eigenvalue weighted by Gasteiger charge is -2.12. The first-order chi connectivity index (χ1) is 14.7. The molecule has 4 rings (SSSR count). The number of nitrogens with zero attached hydrogens (tertiary/aromatic N) is 7. The first-order valence-electron chi connectivity index (χ1n) is 9.29. The highest BCUT2D eigenvalue weighted by molar-refractivity contribution is 5.92. The van der Waals surface area contributed by atoms with Crippen LogP contribution in [0, 0.1) is 13.8 Å². The summed E-state index contributed by atoms with van der Waals surface area (Å²) in [6.07, 6.45) is -1.10. The van der Waals surface area contributed by atoms with Gasteiger partial charge in [0.15, 0.2) is 0 Å². The quantitative estimate of drug-likeness (QED) is 0.522. The number of carbonyl (C=O) groups excluding carboxylic acids is 1. The minimum absolute atomic E-state index is 0.0986. The Labute approximate surface area is 173 Å². The number of hydrogen-bond donors (Lipinski definition) is 1. The van der Waals surface area contributed by atoms with Crippen LogP contribution < -0.4 is 5.32 Å². The van der Waals surface area contributed by atoms with E-state index in [0.717, 1.165) is 4.52 Å². The summed E-state index contributed by atoms with van der Waals surface area (Å²) in [5.74, 6) is -1.64. The van der Waals surface area contributed by atoms with Crippen molar-refractivity contribution in [1.82, 2.24) is 34.6 Å². The molecule has 3 aromatic heterocycles. The topological polar surface area (TPSA) is 103 Å². The number of rotatable bonds is 5. The summed E-state index contributed by atoms with van der Waals surface area (Å²) in [5.41, 5.74) is 2.83. The molecule has 0 aliphatic carbocycles. The van der Waals surface area contributed by atoms with Gasteiger partial charge in [0.25, 0.3) is 11.6 Å². The zero-order valence-corrected chi connectivity index (χ0v) is 16.6. The van der Waals surface area contributed by atoms with Gasteiger partial charge in [-0.15, -0.1) is 10.2 Å². The molecule has 0 unspecified atom stereocenters. The van der Waals surface area contributed by atoms with E-state index in [2.05, 4.69) is 30.7 Å². The lowest BCUT2D eigenvalue weighted by molar-refractivity contribution is -0.144. The molecule has 9 nitrogen and oxygen atoms in total. The van der Waals surface area contributed by atoms with Gasteiger partial charge >= 0.3 is 6.18 Å². The normalized spacial score (nSPS) is 11.8. The fourth-order valence-electron chi connectivity index (χ4n) is 3.26. The summed E-state index contributed by atoms with van der Waals surface area (Å²) in [5, 5.41) is 14.1. The van der Waals surface area contributed by atoms with E-state index in [1.165, 1.54) is 10.9 Å². The largest absolute Gasteiger partial charge is 0.453 e. The van der Waals surface area contributed by atoms with Gasteiger partial charge in [0.05, 0.1) is 23.8 Å². The van der Waals surface area contributed by atoms with Crippen molar-refractivity contribution in [2.75, 3.05) is 5.32 Å². The van der Waals surface area contributed by atoms with E-state index in [4.69, 9.17) is 0 Å². The van der Waals surface area contributed by atoms with Crippen LogP contribution in [0.4, 0.5) is 18.9 Å². The second kappa shape index (κ2) is 7.78. The highest BCUT2D eigenvalue weighted by atomic mass is 19.4. The van der Waals surface area contributed by atoms with E-state index in [9.17, 15) is 18.0 Å². The summed E-state index contributed by atoms with van der Waals surface area (Å²) in [6, 6.07) is 7.13. The number of aromatic nitrogens is 7. The van der Waals surface area contributed by atoms with Crippen LogP contribution in [0.1, 0.15) is 29.2 Å². The Bertz CT molecular complexity index is 1250. The van der Waals surface area contributed by atoms with Crippen LogP contribution >= 0.6 is 0 Å². The van der Waals surface area contributed by atoms with Crippen LogP contribution in [0.3, 0.4) is 0 Å². The first kappa shape index (κ1) is 20.4. The van der Waals surface area contributed by atoms with Crippen molar-refractivity contribution >= 4 is 17.4 Å². The van der Waals surface area contributed by atoms with Crippen molar-refractivity contribution in [3.63, 3.8) is 0 Å². The van der Waals surface area contributed by atoms with Gasteiger partial charge in [0.2, 0.25) is 5.91 Å². The molecule has 0 atom stereocenters. The standard InChI is InChI=1S/C19H17F3N8O/c1-11-13(12(2)30-18(24-11)26-17(27-30)19(20,21)22)7-8-16(31)25-14-5-3-4-6-15(14)29-10-9-23-28-29/h3-6,9-10H,7-8H2,1-2H3,(H,25,31). The molecule has 4 aromatic rings. The summed E-state index contributed by atoms with van der Waals surface area (Å²) in [7, 11) is 0. The molecule has 0 spiro atoms. The number of nitrogens with one attached hydrogen (secondary N) is 1. The van der Waals surface area contributed by atoms with E-state index in [1.54, 1.807) is 38.2 Å². The van der Waals surface area contributed by atoms with E-state index in [0.29, 0.717) is 28.3 Å². The fourth-order valence-corrected chi connectivity index (χ4v) is 3.26. The fraction of sp³-hybridized carbons (Fsp3) is 0.263. The van der Waals surface area contributed by atoms with Gasteiger partial charge in [-0.2, -0.15) is 18.2 Å². The molecule has 0 saturated carbocycles. The number of halogens is 3. The molecule has 1 amide bonds. The van der Waals surface area contributed by atoms with Crippen LogP contribution in [0.2, 0.25) is 0 Å². The summed E-state index contributed by atoms with van der Waals surface area (Å²) >= 11 is 0. The van der Waals surface area contributed by atoms with Crippen LogP contribution in [0.5, 0.6) is 0 Å². The predicted octanol–water partition coefficient (Wildman–Crippen LogP) is 2.91. The SMILES string of the molecule is Cc1nc2nc(C(F)(F)F)nn2c(C)c1CCC(=O)Nc1ccccc1-n1ccnn1. The van der Waals surface area contributed by atoms with Gasteiger partial charge < -0.3 is 5.32 Å². The average Bonchev–Trinajstić information content (AvgIpc) is 3.38. The number of anilines is 1. The van der Waals surface area contributed by atoms with Crippen molar-refractivity contribution < 1.29 is 18.0 Å². The molecular weight excluding hydrogens is 413 g/mol. The number of benzene rings is 1. The Balaban J connectivity index is 1.53. The monoisotopic (exact) mass is 430 g/mol. The molecule has 12 heteroatoms. The molecule has 31 heavy (non-hydrogen) atoms. The highest BCUT2D eigenvalue weighted by Crippen LogP contribution is 2.27. The maximum atomic E-state index is 12.9. The molecule has 160 valence electrons. The Morgan fingerprint density at radius 3 is 2.65 bits per heavy atom. The van der Waals surface area contributed by atoms with Gasteiger partial charge in [0, 0.05) is 17.8 Å². The Morgan fingerprint density at radius 1 is 1.16 bits per heavy atom. The third kappa shape index (κ3) is 4.09. The molecule has 3 heterocycles. The molecule has 0 radical (unpaired) electrons. The van der Waals surface area contributed by atoms with Crippen molar-refractivity contribution in [3.8, 4) is 5.69 Å². The van der Waals surface area contributed by atoms with Crippen molar-refractivity contribution in [2.45, 2.75) is 32.9 Å². The van der Waals surface area contributed by atoms with E-state index >= 15 is 0 Å². The number of carbonyl (C=O) groups is 1. The van der Waals surface area contributed by atoms with Gasteiger partial charge in [0.1, 0.15) is 0 Å². The molecular formula is C19H17F3N8O. The zero-order valence-electron chi connectivity index (χ0n) is 16.6. The summed E-state index contributed by atoms with van der Waals surface area (Å²) < 4.78 is 41.4.